The van der Waals surface area contributed by atoms with Crippen LogP contribution in [0.25, 0.3) is 0 Å². The van der Waals surface area contributed by atoms with Crippen molar-refractivity contribution < 1.29 is 4.79 Å². The molecule has 74 valence electrons. The van der Waals surface area contributed by atoms with Crippen molar-refractivity contribution >= 4 is 5.78 Å². The van der Waals surface area contributed by atoms with Crippen LogP contribution in [0.3, 0.4) is 0 Å². The Morgan fingerprint density at radius 2 is 2.15 bits per heavy atom. The molecule has 2 saturated carbocycles. The zero-order valence-electron chi connectivity index (χ0n) is 8.59. The lowest BCUT2D eigenvalue weighted by atomic mass is 9.85. The first-order chi connectivity index (χ1) is 6.25. The van der Waals surface area contributed by atoms with Gasteiger partial charge in [-0.1, -0.05) is 6.42 Å². The minimum Gasteiger partial charge on any atom is -0.300 e. The fraction of sp³-hybridized carbons (Fsp3) is 0.917. The molecule has 3 atom stereocenters. The van der Waals surface area contributed by atoms with E-state index in [0.29, 0.717) is 5.78 Å². The molecule has 0 aromatic heterocycles. The van der Waals surface area contributed by atoms with Gasteiger partial charge in [-0.2, -0.15) is 0 Å². The molecule has 2 aliphatic carbocycles. The van der Waals surface area contributed by atoms with Gasteiger partial charge in [-0.25, -0.2) is 0 Å². The fourth-order valence-electron chi connectivity index (χ4n) is 3.34. The van der Waals surface area contributed by atoms with Crippen LogP contribution >= 0.6 is 0 Å². The van der Waals surface area contributed by atoms with Gasteiger partial charge in [-0.05, 0) is 56.8 Å². The molecule has 2 fully saturated rings. The van der Waals surface area contributed by atoms with Gasteiger partial charge in [0, 0.05) is 6.42 Å². The number of hydrogen-bond acceptors (Lipinski definition) is 1. The zero-order valence-corrected chi connectivity index (χ0v) is 8.59. The lowest BCUT2D eigenvalue weighted by Gasteiger charge is -2.20. The average Bonchev–Trinajstić information content (AvgIpc) is 2.64. The molecule has 2 rings (SSSR count). The largest absolute Gasteiger partial charge is 0.300 e. The fourth-order valence-corrected chi connectivity index (χ4v) is 3.34. The lowest BCUT2D eigenvalue weighted by molar-refractivity contribution is -0.117. The number of carbonyl (C=O) groups excluding carboxylic acids is 1. The Hall–Kier alpha value is -0.330. The van der Waals surface area contributed by atoms with Crippen LogP contribution in [-0.2, 0) is 4.79 Å². The van der Waals surface area contributed by atoms with E-state index in [1.807, 2.05) is 0 Å². The summed E-state index contributed by atoms with van der Waals surface area (Å²) >= 11 is 0. The molecule has 0 heterocycles. The predicted molar refractivity (Wildman–Crippen MR) is 53.5 cm³/mol. The summed E-state index contributed by atoms with van der Waals surface area (Å²) in [6, 6.07) is 0. The van der Waals surface area contributed by atoms with Crippen LogP contribution in [0.1, 0.15) is 51.9 Å². The zero-order chi connectivity index (χ0) is 9.26. The van der Waals surface area contributed by atoms with E-state index < -0.39 is 0 Å². The highest BCUT2D eigenvalue weighted by atomic mass is 16.1. The average molecular weight is 180 g/mol. The highest BCUT2D eigenvalue weighted by Crippen LogP contribution is 2.49. The van der Waals surface area contributed by atoms with Crippen molar-refractivity contribution in [3.05, 3.63) is 0 Å². The van der Waals surface area contributed by atoms with Gasteiger partial charge < -0.3 is 4.79 Å². The number of rotatable bonds is 4. The smallest absolute Gasteiger partial charge is 0.129 e. The summed E-state index contributed by atoms with van der Waals surface area (Å²) in [4.78, 5) is 10.8. The van der Waals surface area contributed by atoms with Crippen LogP contribution in [0.5, 0.6) is 0 Å². The van der Waals surface area contributed by atoms with E-state index in [1.165, 1.54) is 32.1 Å². The highest BCUT2D eigenvalue weighted by molar-refractivity contribution is 5.75. The molecular weight excluding hydrogens is 160 g/mol. The Kier molecular flexibility index (Phi) is 2.71. The molecule has 0 saturated heterocycles. The topological polar surface area (TPSA) is 17.1 Å². The summed E-state index contributed by atoms with van der Waals surface area (Å²) in [6.45, 7) is 1.71. The summed E-state index contributed by atoms with van der Waals surface area (Å²) in [5, 5.41) is 0. The van der Waals surface area contributed by atoms with E-state index in [9.17, 15) is 4.79 Å². The van der Waals surface area contributed by atoms with Crippen molar-refractivity contribution in [2.75, 3.05) is 0 Å². The minimum atomic E-state index is 0.364. The Morgan fingerprint density at radius 3 is 2.69 bits per heavy atom. The number of hydrogen-bond donors (Lipinski definition) is 0. The van der Waals surface area contributed by atoms with Gasteiger partial charge in [0.1, 0.15) is 5.78 Å². The first-order valence-corrected chi connectivity index (χ1v) is 5.75. The molecule has 0 spiro atoms. The SMILES string of the molecule is CC(=O)CCCC1CC2CCC1C2. The van der Waals surface area contributed by atoms with Gasteiger partial charge in [0.15, 0.2) is 0 Å². The van der Waals surface area contributed by atoms with Crippen molar-refractivity contribution in [1.29, 1.82) is 0 Å². The molecule has 0 aromatic rings. The Labute approximate surface area is 80.9 Å². The minimum absolute atomic E-state index is 0.364. The lowest BCUT2D eigenvalue weighted by Crippen LogP contribution is -2.10. The number of fused-ring (bicyclic) bond motifs is 2. The second-order valence-electron chi connectivity index (χ2n) is 5.03. The van der Waals surface area contributed by atoms with E-state index >= 15 is 0 Å². The molecule has 2 aliphatic rings. The van der Waals surface area contributed by atoms with Crippen LogP contribution in [0.2, 0.25) is 0 Å². The molecule has 1 heteroatoms. The van der Waals surface area contributed by atoms with Gasteiger partial charge in [0.2, 0.25) is 0 Å². The molecular formula is C12H20O. The third-order valence-electron chi connectivity index (χ3n) is 3.99. The van der Waals surface area contributed by atoms with Crippen LogP contribution in [0.4, 0.5) is 0 Å². The molecule has 0 radical (unpaired) electrons. The molecule has 1 nitrogen and oxygen atoms in total. The van der Waals surface area contributed by atoms with E-state index in [4.69, 9.17) is 0 Å². The van der Waals surface area contributed by atoms with Crippen LogP contribution in [-0.4, -0.2) is 5.78 Å². The quantitative estimate of drug-likeness (QED) is 0.649. The number of ketones is 1. The Bertz CT molecular complexity index is 197. The summed E-state index contributed by atoms with van der Waals surface area (Å²) in [5.74, 6) is 3.45. The van der Waals surface area contributed by atoms with Gasteiger partial charge in [-0.15, -0.1) is 0 Å². The number of Topliss-reactive ketones (excluding diaryl/α,β-unsaturated/α-hetero) is 1. The van der Waals surface area contributed by atoms with Gasteiger partial charge in [0.05, 0.1) is 0 Å². The highest BCUT2D eigenvalue weighted by Gasteiger charge is 2.38. The van der Waals surface area contributed by atoms with Gasteiger partial charge >= 0.3 is 0 Å². The normalized spacial score (nSPS) is 36.8. The van der Waals surface area contributed by atoms with Crippen molar-refractivity contribution in [3.8, 4) is 0 Å². The Balaban J connectivity index is 1.68. The second-order valence-corrected chi connectivity index (χ2v) is 5.03. The summed E-state index contributed by atoms with van der Waals surface area (Å²) < 4.78 is 0. The van der Waals surface area contributed by atoms with Crippen LogP contribution < -0.4 is 0 Å². The molecule has 0 aromatic carbocycles. The van der Waals surface area contributed by atoms with E-state index in [-0.39, 0.29) is 0 Å². The third-order valence-corrected chi connectivity index (χ3v) is 3.99. The molecule has 0 N–H and O–H groups in total. The van der Waals surface area contributed by atoms with Crippen molar-refractivity contribution in [1.82, 2.24) is 0 Å². The second kappa shape index (κ2) is 3.81. The first-order valence-electron chi connectivity index (χ1n) is 5.75. The van der Waals surface area contributed by atoms with Crippen molar-refractivity contribution in [3.63, 3.8) is 0 Å². The Morgan fingerprint density at radius 1 is 1.31 bits per heavy atom. The van der Waals surface area contributed by atoms with Crippen LogP contribution in [0.15, 0.2) is 0 Å². The van der Waals surface area contributed by atoms with E-state index in [2.05, 4.69) is 0 Å². The van der Waals surface area contributed by atoms with Crippen molar-refractivity contribution in [2.45, 2.75) is 51.9 Å². The number of carbonyl (C=O) groups is 1. The predicted octanol–water partition coefficient (Wildman–Crippen LogP) is 3.18. The standard InChI is InChI=1S/C12H20O/c1-9(13)3-2-4-11-7-10-5-6-12(11)8-10/h10-12H,2-8H2,1H3. The molecule has 0 amide bonds. The summed E-state index contributed by atoms with van der Waals surface area (Å²) in [5.41, 5.74) is 0. The molecule has 0 aliphatic heterocycles. The maximum atomic E-state index is 10.8. The maximum absolute atomic E-state index is 10.8. The summed E-state index contributed by atoms with van der Waals surface area (Å²) in [6.07, 6.45) is 9.23. The molecule has 3 unspecified atom stereocenters. The molecule has 2 bridgehead atoms. The van der Waals surface area contributed by atoms with Crippen molar-refractivity contribution in [2.24, 2.45) is 17.8 Å². The first kappa shape index (κ1) is 9.23. The van der Waals surface area contributed by atoms with Gasteiger partial charge in [-0.3, -0.25) is 0 Å². The van der Waals surface area contributed by atoms with E-state index in [0.717, 1.165) is 30.6 Å². The summed E-state index contributed by atoms with van der Waals surface area (Å²) in [7, 11) is 0. The van der Waals surface area contributed by atoms with E-state index in [1.54, 1.807) is 6.92 Å². The van der Waals surface area contributed by atoms with Gasteiger partial charge in [0.25, 0.3) is 0 Å². The monoisotopic (exact) mass is 180 g/mol. The van der Waals surface area contributed by atoms with Crippen LogP contribution in [0, 0.1) is 17.8 Å². The molecule has 13 heavy (non-hydrogen) atoms. The third kappa shape index (κ3) is 2.12. The maximum Gasteiger partial charge on any atom is 0.129 e.